The second kappa shape index (κ2) is 4.82. The highest BCUT2D eigenvalue weighted by Gasteiger charge is 2.29. The molecular weight excluding hydrogens is 270 g/mol. The van der Waals surface area contributed by atoms with E-state index in [4.69, 9.17) is 0 Å². The molecule has 1 atom stereocenters. The van der Waals surface area contributed by atoms with Gasteiger partial charge in [-0.2, -0.15) is 0 Å². The highest BCUT2D eigenvalue weighted by Crippen LogP contribution is 2.26. The predicted molar refractivity (Wildman–Crippen MR) is 66.4 cm³/mol. The lowest BCUT2D eigenvalue weighted by Gasteiger charge is -2.35. The van der Waals surface area contributed by atoms with Gasteiger partial charge in [-0.25, -0.2) is 4.98 Å². The average molecular weight is 284 g/mol. The molecule has 2 rings (SSSR count). The topological polar surface area (TPSA) is 45.2 Å². The van der Waals surface area contributed by atoms with E-state index in [2.05, 4.69) is 31.1 Å². The zero-order chi connectivity index (χ0) is 11.5. The van der Waals surface area contributed by atoms with Crippen LogP contribution in [0.2, 0.25) is 0 Å². The number of nitrogens with one attached hydrogen (secondary N) is 1. The van der Waals surface area contributed by atoms with E-state index in [9.17, 15) is 4.79 Å². The number of rotatable bonds is 2. The van der Waals surface area contributed by atoms with E-state index in [0.717, 1.165) is 23.3 Å². The Morgan fingerprint density at radius 2 is 2.50 bits per heavy atom. The summed E-state index contributed by atoms with van der Waals surface area (Å²) in [6, 6.07) is 3.71. The maximum Gasteiger partial charge on any atom is 0.242 e. The van der Waals surface area contributed by atoms with Crippen molar-refractivity contribution in [2.45, 2.75) is 19.4 Å². The third-order valence-corrected chi connectivity index (χ3v) is 3.35. The van der Waals surface area contributed by atoms with Gasteiger partial charge in [-0.05, 0) is 34.5 Å². The molecule has 1 aromatic heterocycles. The molecule has 0 bridgehead atoms. The summed E-state index contributed by atoms with van der Waals surface area (Å²) in [4.78, 5) is 18.1. The van der Waals surface area contributed by atoms with Gasteiger partial charge >= 0.3 is 0 Å². The summed E-state index contributed by atoms with van der Waals surface area (Å²) in [5, 5.41) is 2.88. The van der Waals surface area contributed by atoms with Crippen LogP contribution in [0.5, 0.6) is 0 Å². The summed E-state index contributed by atoms with van der Waals surface area (Å²) in [6.45, 7) is 3.50. The molecule has 1 aliphatic heterocycles. The Bertz CT molecular complexity index is 397. The van der Waals surface area contributed by atoms with Gasteiger partial charge in [0.2, 0.25) is 5.91 Å². The van der Waals surface area contributed by atoms with Crippen LogP contribution < -0.4 is 10.2 Å². The molecule has 2 heterocycles. The highest BCUT2D eigenvalue weighted by molar-refractivity contribution is 9.10. The molecule has 0 saturated carbocycles. The van der Waals surface area contributed by atoms with Gasteiger partial charge in [0.1, 0.15) is 11.9 Å². The molecule has 1 saturated heterocycles. The van der Waals surface area contributed by atoms with Crippen LogP contribution in [0.4, 0.5) is 5.82 Å². The average Bonchev–Trinajstić information content (AvgIpc) is 2.29. The van der Waals surface area contributed by atoms with E-state index in [-0.39, 0.29) is 11.9 Å². The van der Waals surface area contributed by atoms with Crippen LogP contribution in [0.15, 0.2) is 22.8 Å². The third-order valence-electron chi connectivity index (χ3n) is 2.73. The number of pyridine rings is 1. The summed E-state index contributed by atoms with van der Waals surface area (Å²) < 4.78 is 0.933. The Hall–Kier alpha value is -1.10. The van der Waals surface area contributed by atoms with Crippen molar-refractivity contribution in [2.75, 3.05) is 18.0 Å². The van der Waals surface area contributed by atoms with E-state index in [0.29, 0.717) is 6.54 Å². The molecular formula is C11H14BrN3O. The lowest BCUT2D eigenvalue weighted by molar-refractivity contribution is -0.123. The van der Waals surface area contributed by atoms with E-state index in [1.54, 1.807) is 6.20 Å². The first-order valence-electron chi connectivity index (χ1n) is 5.39. The van der Waals surface area contributed by atoms with Crippen LogP contribution in [-0.4, -0.2) is 30.0 Å². The molecule has 1 aromatic rings. The van der Waals surface area contributed by atoms with Crippen molar-refractivity contribution in [3.63, 3.8) is 0 Å². The number of amides is 1. The Morgan fingerprint density at radius 3 is 3.19 bits per heavy atom. The number of carbonyl (C=O) groups excluding carboxylic acids is 1. The van der Waals surface area contributed by atoms with Crippen molar-refractivity contribution < 1.29 is 4.79 Å². The second-order valence-corrected chi connectivity index (χ2v) is 4.57. The SMILES string of the molecule is CCC1C(=O)NCCN1c1ncccc1Br. The fourth-order valence-corrected chi connectivity index (χ4v) is 2.45. The highest BCUT2D eigenvalue weighted by atomic mass is 79.9. The molecule has 1 aliphatic rings. The summed E-state index contributed by atoms with van der Waals surface area (Å²) in [5.74, 6) is 0.940. The molecule has 0 aromatic carbocycles. The summed E-state index contributed by atoms with van der Waals surface area (Å²) in [6.07, 6.45) is 2.54. The van der Waals surface area contributed by atoms with Gasteiger partial charge in [-0.1, -0.05) is 6.92 Å². The normalized spacial score (nSPS) is 20.8. The van der Waals surface area contributed by atoms with E-state index >= 15 is 0 Å². The maximum absolute atomic E-state index is 11.7. The van der Waals surface area contributed by atoms with Crippen LogP contribution >= 0.6 is 15.9 Å². The molecule has 0 spiro atoms. The van der Waals surface area contributed by atoms with Crippen molar-refractivity contribution in [1.29, 1.82) is 0 Å². The zero-order valence-electron chi connectivity index (χ0n) is 9.11. The number of halogens is 1. The third kappa shape index (κ3) is 2.04. The molecule has 16 heavy (non-hydrogen) atoms. The largest absolute Gasteiger partial charge is 0.353 e. The zero-order valence-corrected chi connectivity index (χ0v) is 10.7. The van der Waals surface area contributed by atoms with E-state index in [1.165, 1.54) is 0 Å². The number of aromatic nitrogens is 1. The summed E-state index contributed by atoms with van der Waals surface area (Å²) in [5.41, 5.74) is 0. The Morgan fingerprint density at radius 1 is 1.69 bits per heavy atom. The molecule has 1 N–H and O–H groups in total. The quantitative estimate of drug-likeness (QED) is 0.896. The van der Waals surface area contributed by atoms with Crippen molar-refractivity contribution >= 4 is 27.7 Å². The molecule has 1 unspecified atom stereocenters. The lowest BCUT2D eigenvalue weighted by atomic mass is 10.1. The molecule has 1 amide bonds. The van der Waals surface area contributed by atoms with Gasteiger partial charge in [-0.3, -0.25) is 4.79 Å². The van der Waals surface area contributed by atoms with Crippen molar-refractivity contribution in [1.82, 2.24) is 10.3 Å². The predicted octanol–water partition coefficient (Wildman–Crippen LogP) is 1.56. The molecule has 86 valence electrons. The minimum Gasteiger partial charge on any atom is -0.353 e. The van der Waals surface area contributed by atoms with Gasteiger partial charge in [0, 0.05) is 19.3 Å². The minimum atomic E-state index is -0.111. The standard InChI is InChI=1S/C11H14BrN3O/c1-2-9-11(16)14-6-7-15(9)10-8(12)4-3-5-13-10/h3-5,9H,2,6-7H2,1H3,(H,14,16). The fraction of sp³-hybridized carbons (Fsp3) is 0.455. The van der Waals surface area contributed by atoms with E-state index < -0.39 is 0 Å². The maximum atomic E-state index is 11.7. The Labute approximate surface area is 103 Å². The number of hydrogen-bond donors (Lipinski definition) is 1. The van der Waals surface area contributed by atoms with Crippen LogP contribution in [0.25, 0.3) is 0 Å². The second-order valence-electron chi connectivity index (χ2n) is 3.72. The Kier molecular flexibility index (Phi) is 3.43. The molecule has 0 aliphatic carbocycles. The van der Waals surface area contributed by atoms with Gasteiger partial charge in [0.15, 0.2) is 0 Å². The molecule has 5 heteroatoms. The molecule has 0 radical (unpaired) electrons. The Balaban J connectivity index is 2.31. The number of piperazine rings is 1. The van der Waals surface area contributed by atoms with E-state index in [1.807, 2.05) is 19.1 Å². The van der Waals surface area contributed by atoms with Gasteiger partial charge in [0.25, 0.3) is 0 Å². The van der Waals surface area contributed by atoms with Crippen LogP contribution in [-0.2, 0) is 4.79 Å². The minimum absolute atomic E-state index is 0.0892. The lowest BCUT2D eigenvalue weighted by Crippen LogP contribution is -2.55. The first-order chi connectivity index (χ1) is 7.74. The van der Waals surface area contributed by atoms with Gasteiger partial charge in [0.05, 0.1) is 4.47 Å². The summed E-state index contributed by atoms with van der Waals surface area (Å²) >= 11 is 3.47. The fourth-order valence-electron chi connectivity index (χ4n) is 1.96. The van der Waals surface area contributed by atoms with Crippen molar-refractivity contribution in [3.05, 3.63) is 22.8 Å². The van der Waals surface area contributed by atoms with Gasteiger partial charge in [-0.15, -0.1) is 0 Å². The van der Waals surface area contributed by atoms with Crippen LogP contribution in [0.3, 0.4) is 0 Å². The number of hydrogen-bond acceptors (Lipinski definition) is 3. The van der Waals surface area contributed by atoms with Crippen LogP contribution in [0.1, 0.15) is 13.3 Å². The number of carbonyl (C=O) groups is 1. The van der Waals surface area contributed by atoms with Crippen LogP contribution in [0, 0.1) is 0 Å². The monoisotopic (exact) mass is 283 g/mol. The molecule has 1 fully saturated rings. The first kappa shape index (κ1) is 11.4. The van der Waals surface area contributed by atoms with Gasteiger partial charge < -0.3 is 10.2 Å². The first-order valence-corrected chi connectivity index (χ1v) is 6.18. The molecule has 4 nitrogen and oxygen atoms in total. The van der Waals surface area contributed by atoms with Crippen molar-refractivity contribution in [2.24, 2.45) is 0 Å². The smallest absolute Gasteiger partial charge is 0.242 e. The summed E-state index contributed by atoms with van der Waals surface area (Å²) in [7, 11) is 0. The number of nitrogens with zero attached hydrogens (tertiary/aromatic N) is 2. The van der Waals surface area contributed by atoms with Crippen molar-refractivity contribution in [3.8, 4) is 0 Å². The number of anilines is 1.